The van der Waals surface area contributed by atoms with Gasteiger partial charge in [0.15, 0.2) is 0 Å². The summed E-state index contributed by atoms with van der Waals surface area (Å²) in [6, 6.07) is 6.20. The van der Waals surface area contributed by atoms with Crippen LogP contribution >= 0.6 is 11.6 Å². The van der Waals surface area contributed by atoms with Crippen LogP contribution in [0, 0.1) is 0 Å². The van der Waals surface area contributed by atoms with Gasteiger partial charge in [-0.05, 0) is 45.4 Å². The van der Waals surface area contributed by atoms with Crippen molar-refractivity contribution in [2.24, 2.45) is 0 Å². The number of halogens is 1. The Morgan fingerprint density at radius 2 is 2.00 bits per heavy atom. The van der Waals surface area contributed by atoms with E-state index in [0.717, 1.165) is 22.8 Å². The van der Waals surface area contributed by atoms with Crippen LogP contribution in [-0.4, -0.2) is 32.8 Å². The van der Waals surface area contributed by atoms with Crippen molar-refractivity contribution in [1.29, 1.82) is 0 Å². The molecule has 0 heterocycles. The third-order valence-corrected chi connectivity index (χ3v) is 3.43. The van der Waals surface area contributed by atoms with E-state index in [1.807, 2.05) is 32.3 Å². The van der Waals surface area contributed by atoms with Crippen molar-refractivity contribution in [3.05, 3.63) is 23.2 Å². The molecule has 0 radical (unpaired) electrons. The van der Waals surface area contributed by atoms with Gasteiger partial charge in [-0.2, -0.15) is 0 Å². The summed E-state index contributed by atoms with van der Waals surface area (Å²) in [5, 5.41) is 4.26. The molecule has 1 rings (SSSR count). The summed E-state index contributed by atoms with van der Waals surface area (Å²) in [7, 11) is 5.80. The number of methoxy groups -OCH3 is 1. The zero-order valence-corrected chi connectivity index (χ0v) is 13.5. The predicted molar refractivity (Wildman–Crippen MR) is 84.6 cm³/mol. The van der Waals surface area contributed by atoms with Crippen molar-refractivity contribution in [3.8, 4) is 0 Å². The first-order chi connectivity index (χ1) is 8.75. The van der Waals surface area contributed by atoms with Crippen LogP contribution in [0.25, 0.3) is 0 Å². The van der Waals surface area contributed by atoms with Crippen molar-refractivity contribution in [2.75, 3.05) is 31.4 Å². The monoisotopic (exact) mass is 284 g/mol. The van der Waals surface area contributed by atoms with E-state index in [9.17, 15) is 0 Å². The lowest BCUT2D eigenvalue weighted by molar-refractivity contribution is 0.0128. The highest BCUT2D eigenvalue weighted by Crippen LogP contribution is 2.29. The summed E-state index contributed by atoms with van der Waals surface area (Å²) in [5.41, 5.74) is 2.05. The Balaban J connectivity index is 2.84. The van der Waals surface area contributed by atoms with Gasteiger partial charge in [0.05, 0.1) is 17.0 Å². The fourth-order valence-electron chi connectivity index (χ4n) is 2.15. The van der Waals surface area contributed by atoms with Crippen molar-refractivity contribution in [3.63, 3.8) is 0 Å². The Labute approximate surface area is 121 Å². The number of anilines is 2. The number of nitrogens with one attached hydrogen (secondary N) is 1. The van der Waals surface area contributed by atoms with Crippen LogP contribution in [0.4, 0.5) is 11.4 Å². The normalized spacial score (nSPS) is 13.2. The second-order valence-corrected chi connectivity index (χ2v) is 6.21. The molecule has 1 aromatic carbocycles. The van der Waals surface area contributed by atoms with Gasteiger partial charge in [-0.3, -0.25) is 0 Å². The van der Waals surface area contributed by atoms with E-state index >= 15 is 0 Å². The van der Waals surface area contributed by atoms with Crippen LogP contribution < -0.4 is 10.2 Å². The number of hydrogen-bond donors (Lipinski definition) is 1. The lowest BCUT2D eigenvalue weighted by atomic mass is 9.99. The molecule has 0 saturated heterocycles. The Morgan fingerprint density at radius 3 is 2.53 bits per heavy atom. The Kier molecular flexibility index (Phi) is 5.50. The molecular weight excluding hydrogens is 260 g/mol. The van der Waals surface area contributed by atoms with Crippen molar-refractivity contribution >= 4 is 23.0 Å². The van der Waals surface area contributed by atoms with Gasteiger partial charge in [-0.1, -0.05) is 11.6 Å². The van der Waals surface area contributed by atoms with Crippen molar-refractivity contribution in [2.45, 2.75) is 38.8 Å². The van der Waals surface area contributed by atoms with E-state index in [2.05, 4.69) is 31.0 Å². The van der Waals surface area contributed by atoms with E-state index in [-0.39, 0.29) is 5.60 Å². The van der Waals surface area contributed by atoms with E-state index in [1.165, 1.54) is 0 Å². The van der Waals surface area contributed by atoms with Crippen molar-refractivity contribution < 1.29 is 4.74 Å². The van der Waals surface area contributed by atoms with Crippen LogP contribution in [0.2, 0.25) is 5.02 Å². The average Bonchev–Trinajstić information content (AvgIpc) is 2.27. The lowest BCUT2D eigenvalue weighted by Crippen LogP contribution is -2.31. The van der Waals surface area contributed by atoms with Gasteiger partial charge in [-0.15, -0.1) is 0 Å². The first-order valence-corrected chi connectivity index (χ1v) is 6.91. The third kappa shape index (κ3) is 4.92. The SMILES string of the molecule is COC(C)(C)CC(C)Nc1cc(Cl)ccc1N(C)C. The van der Waals surface area contributed by atoms with Crippen LogP contribution in [-0.2, 0) is 4.74 Å². The first-order valence-electron chi connectivity index (χ1n) is 6.54. The first kappa shape index (κ1) is 16.1. The molecule has 1 N–H and O–H groups in total. The zero-order chi connectivity index (χ0) is 14.6. The second-order valence-electron chi connectivity index (χ2n) is 5.77. The van der Waals surface area contributed by atoms with Gasteiger partial charge in [0.2, 0.25) is 0 Å². The van der Waals surface area contributed by atoms with E-state index in [0.29, 0.717) is 6.04 Å². The van der Waals surface area contributed by atoms with Gasteiger partial charge >= 0.3 is 0 Å². The molecular formula is C15H25ClN2O. The van der Waals surface area contributed by atoms with Crippen molar-refractivity contribution in [1.82, 2.24) is 0 Å². The molecule has 1 unspecified atom stereocenters. The number of rotatable bonds is 6. The van der Waals surface area contributed by atoms with E-state index in [1.54, 1.807) is 7.11 Å². The minimum Gasteiger partial charge on any atom is -0.381 e. The molecule has 1 atom stereocenters. The molecule has 108 valence electrons. The maximum atomic E-state index is 6.08. The molecule has 0 saturated carbocycles. The smallest absolute Gasteiger partial charge is 0.0642 e. The summed E-state index contributed by atoms with van der Waals surface area (Å²) in [6.07, 6.45) is 0.920. The molecule has 0 aliphatic rings. The molecule has 3 nitrogen and oxygen atoms in total. The summed E-state index contributed by atoms with van der Waals surface area (Å²) in [5.74, 6) is 0. The summed E-state index contributed by atoms with van der Waals surface area (Å²) in [4.78, 5) is 2.08. The molecule has 1 aromatic rings. The van der Waals surface area contributed by atoms with Gasteiger partial charge in [-0.25, -0.2) is 0 Å². The van der Waals surface area contributed by atoms with Gasteiger partial charge in [0.1, 0.15) is 0 Å². The molecule has 0 fully saturated rings. The number of nitrogens with zero attached hydrogens (tertiary/aromatic N) is 1. The molecule has 4 heteroatoms. The molecule has 0 bridgehead atoms. The molecule has 0 aliphatic carbocycles. The number of benzene rings is 1. The Bertz CT molecular complexity index is 419. The summed E-state index contributed by atoms with van der Waals surface area (Å²) < 4.78 is 5.47. The standard InChI is InChI=1S/C15H25ClN2O/c1-11(10-15(2,3)19-6)17-13-9-12(16)7-8-14(13)18(4)5/h7-9,11,17H,10H2,1-6H3. The quantitative estimate of drug-likeness (QED) is 0.854. The minimum absolute atomic E-state index is 0.136. The largest absolute Gasteiger partial charge is 0.381 e. The Morgan fingerprint density at radius 1 is 1.37 bits per heavy atom. The van der Waals surface area contributed by atoms with Gasteiger partial charge in [0, 0.05) is 32.3 Å². The maximum Gasteiger partial charge on any atom is 0.0642 e. The van der Waals surface area contributed by atoms with E-state index in [4.69, 9.17) is 16.3 Å². The van der Waals surface area contributed by atoms with Crippen LogP contribution in [0.5, 0.6) is 0 Å². The summed E-state index contributed by atoms with van der Waals surface area (Å²) in [6.45, 7) is 6.34. The van der Waals surface area contributed by atoms with Crippen LogP contribution in [0.1, 0.15) is 27.2 Å². The number of ether oxygens (including phenoxy) is 1. The maximum absolute atomic E-state index is 6.08. The third-order valence-electron chi connectivity index (χ3n) is 3.19. The molecule has 0 spiro atoms. The topological polar surface area (TPSA) is 24.5 Å². The van der Waals surface area contributed by atoms with Gasteiger partial charge < -0.3 is 15.0 Å². The highest BCUT2D eigenvalue weighted by Gasteiger charge is 2.20. The Hall–Kier alpha value is -0.930. The lowest BCUT2D eigenvalue weighted by Gasteiger charge is -2.29. The minimum atomic E-state index is -0.136. The second kappa shape index (κ2) is 6.49. The highest BCUT2D eigenvalue weighted by atomic mass is 35.5. The zero-order valence-electron chi connectivity index (χ0n) is 12.7. The van der Waals surface area contributed by atoms with Crippen LogP contribution in [0.15, 0.2) is 18.2 Å². The average molecular weight is 285 g/mol. The highest BCUT2D eigenvalue weighted by molar-refractivity contribution is 6.31. The fourth-order valence-corrected chi connectivity index (χ4v) is 2.32. The molecule has 19 heavy (non-hydrogen) atoms. The van der Waals surface area contributed by atoms with Gasteiger partial charge in [0.25, 0.3) is 0 Å². The number of hydrogen-bond acceptors (Lipinski definition) is 3. The van der Waals surface area contributed by atoms with Crippen LogP contribution in [0.3, 0.4) is 0 Å². The van der Waals surface area contributed by atoms with E-state index < -0.39 is 0 Å². The summed E-state index contributed by atoms with van der Waals surface area (Å²) >= 11 is 6.08. The molecule has 0 amide bonds. The molecule has 0 aliphatic heterocycles. The predicted octanol–water partition coefficient (Wildman–Crippen LogP) is 4.02. The fraction of sp³-hybridized carbons (Fsp3) is 0.600. The molecule has 0 aromatic heterocycles.